The highest BCUT2D eigenvalue weighted by atomic mass is 35.5. The molecule has 1 aliphatic heterocycles. The number of carbonyl (C=O) groups excluding carboxylic acids is 1. The van der Waals surface area contributed by atoms with E-state index in [9.17, 15) is 4.79 Å². The van der Waals surface area contributed by atoms with Crippen LogP contribution in [0.3, 0.4) is 0 Å². The van der Waals surface area contributed by atoms with Crippen LogP contribution in [0.5, 0.6) is 0 Å². The minimum atomic E-state index is -0.00892. The molecule has 130 valence electrons. The Morgan fingerprint density at radius 2 is 2.00 bits per heavy atom. The first kappa shape index (κ1) is 20.5. The van der Waals surface area contributed by atoms with Gasteiger partial charge in [0.05, 0.1) is 16.6 Å². The average Bonchev–Trinajstić information content (AvgIpc) is 2.51. The van der Waals surface area contributed by atoms with Crippen molar-refractivity contribution in [3.05, 3.63) is 28.2 Å². The molecule has 1 aromatic rings. The van der Waals surface area contributed by atoms with E-state index in [4.69, 9.17) is 23.2 Å². The maximum atomic E-state index is 12.3. The second-order valence-electron chi connectivity index (χ2n) is 5.63. The van der Waals surface area contributed by atoms with Gasteiger partial charge in [0.1, 0.15) is 0 Å². The summed E-state index contributed by atoms with van der Waals surface area (Å²) in [7, 11) is 0. The van der Waals surface area contributed by atoms with Crippen LogP contribution in [-0.2, 0) is 4.79 Å². The summed E-state index contributed by atoms with van der Waals surface area (Å²) in [5.41, 5.74) is 0.682. The second kappa shape index (κ2) is 10.4. The van der Waals surface area contributed by atoms with Gasteiger partial charge in [-0.15, -0.1) is 12.4 Å². The number of rotatable bonds is 6. The molecule has 23 heavy (non-hydrogen) atoms. The van der Waals surface area contributed by atoms with Crippen LogP contribution >= 0.6 is 35.6 Å². The molecule has 4 nitrogen and oxygen atoms in total. The summed E-state index contributed by atoms with van der Waals surface area (Å²) in [5.74, 6) is -0.00892. The summed E-state index contributed by atoms with van der Waals surface area (Å²) in [6.07, 6.45) is 3.24. The molecule has 0 radical (unpaired) electrons. The Labute approximate surface area is 154 Å². The van der Waals surface area contributed by atoms with Crippen molar-refractivity contribution in [1.29, 1.82) is 0 Å². The number of hydrogen-bond donors (Lipinski definition) is 2. The number of nitrogens with one attached hydrogen (secondary N) is 2. The minimum Gasteiger partial charge on any atom is -0.325 e. The molecule has 1 aliphatic rings. The molecular formula is C16H24Cl3N3O. The Bertz CT molecular complexity index is 507. The number of benzene rings is 1. The average molecular weight is 381 g/mol. The normalized spacial score (nSPS) is 15.3. The fourth-order valence-corrected chi connectivity index (χ4v) is 3.11. The minimum absolute atomic E-state index is 0. The largest absolute Gasteiger partial charge is 0.325 e. The van der Waals surface area contributed by atoms with Crippen LogP contribution in [-0.4, -0.2) is 43.0 Å². The molecule has 1 fully saturated rings. The van der Waals surface area contributed by atoms with Crippen molar-refractivity contribution in [2.45, 2.75) is 32.2 Å². The summed E-state index contributed by atoms with van der Waals surface area (Å²) in [5, 5.41) is 7.20. The monoisotopic (exact) mass is 379 g/mol. The van der Waals surface area contributed by atoms with Crippen LogP contribution < -0.4 is 10.6 Å². The zero-order valence-electron chi connectivity index (χ0n) is 13.3. The van der Waals surface area contributed by atoms with Gasteiger partial charge in [-0.05, 0) is 57.1 Å². The summed E-state index contributed by atoms with van der Waals surface area (Å²) < 4.78 is 0. The third-order valence-corrected chi connectivity index (χ3v) is 4.62. The van der Waals surface area contributed by atoms with Crippen molar-refractivity contribution in [3.63, 3.8) is 0 Å². The lowest BCUT2D eigenvalue weighted by atomic mass is 10.0. The molecule has 0 spiro atoms. The topological polar surface area (TPSA) is 44.4 Å². The highest BCUT2D eigenvalue weighted by molar-refractivity contribution is 6.42. The van der Waals surface area contributed by atoms with Crippen molar-refractivity contribution in [1.82, 2.24) is 10.2 Å². The van der Waals surface area contributed by atoms with Gasteiger partial charge in [-0.1, -0.05) is 30.1 Å². The van der Waals surface area contributed by atoms with E-state index in [1.54, 1.807) is 18.2 Å². The summed E-state index contributed by atoms with van der Waals surface area (Å²) in [4.78, 5) is 14.6. The Morgan fingerprint density at radius 1 is 1.30 bits per heavy atom. The van der Waals surface area contributed by atoms with E-state index in [1.165, 1.54) is 0 Å². The van der Waals surface area contributed by atoms with Gasteiger partial charge in [-0.2, -0.15) is 0 Å². The molecular weight excluding hydrogens is 357 g/mol. The number of piperidine rings is 1. The molecule has 1 amide bonds. The lowest BCUT2D eigenvalue weighted by Crippen LogP contribution is -2.46. The quantitative estimate of drug-likeness (QED) is 0.788. The number of hydrogen-bond acceptors (Lipinski definition) is 3. The third-order valence-electron chi connectivity index (χ3n) is 3.89. The van der Waals surface area contributed by atoms with E-state index in [0.29, 0.717) is 28.3 Å². The Hall–Kier alpha value is -0.520. The first-order valence-electron chi connectivity index (χ1n) is 7.80. The van der Waals surface area contributed by atoms with Crippen LogP contribution in [0, 0.1) is 0 Å². The van der Waals surface area contributed by atoms with Gasteiger partial charge in [0.25, 0.3) is 0 Å². The van der Waals surface area contributed by atoms with E-state index in [2.05, 4.69) is 22.5 Å². The van der Waals surface area contributed by atoms with Gasteiger partial charge >= 0.3 is 0 Å². The molecule has 7 heteroatoms. The van der Waals surface area contributed by atoms with Gasteiger partial charge in [-0.25, -0.2) is 0 Å². The van der Waals surface area contributed by atoms with Crippen molar-refractivity contribution in [3.8, 4) is 0 Å². The first-order valence-corrected chi connectivity index (χ1v) is 8.55. The lowest BCUT2D eigenvalue weighted by molar-refractivity contribution is -0.118. The smallest absolute Gasteiger partial charge is 0.238 e. The lowest BCUT2D eigenvalue weighted by Gasteiger charge is -2.34. The van der Waals surface area contributed by atoms with Crippen LogP contribution in [0.25, 0.3) is 0 Å². The summed E-state index contributed by atoms with van der Waals surface area (Å²) in [6, 6.07) is 5.62. The molecule has 0 atom stereocenters. The van der Waals surface area contributed by atoms with Crippen molar-refractivity contribution >= 4 is 47.2 Å². The van der Waals surface area contributed by atoms with E-state index >= 15 is 0 Å². The molecule has 0 unspecified atom stereocenters. The highest BCUT2D eigenvalue weighted by Gasteiger charge is 2.22. The molecule has 1 saturated heterocycles. The maximum Gasteiger partial charge on any atom is 0.238 e. The molecule has 1 heterocycles. The van der Waals surface area contributed by atoms with Crippen LogP contribution in [0.15, 0.2) is 18.2 Å². The van der Waals surface area contributed by atoms with Gasteiger partial charge < -0.3 is 10.6 Å². The molecule has 0 aromatic heterocycles. The molecule has 0 aliphatic carbocycles. The fraction of sp³-hybridized carbons (Fsp3) is 0.562. The third kappa shape index (κ3) is 6.48. The molecule has 0 saturated carbocycles. The van der Waals surface area contributed by atoms with Crippen molar-refractivity contribution < 1.29 is 4.79 Å². The van der Waals surface area contributed by atoms with Gasteiger partial charge in [0.15, 0.2) is 0 Å². The first-order chi connectivity index (χ1) is 10.6. The predicted octanol–water partition coefficient (Wildman–Crippen LogP) is 3.82. The molecule has 0 bridgehead atoms. The summed E-state index contributed by atoms with van der Waals surface area (Å²) in [6.45, 7) is 5.56. The van der Waals surface area contributed by atoms with Crippen LogP contribution in [0.1, 0.15) is 26.2 Å². The predicted molar refractivity (Wildman–Crippen MR) is 100 cm³/mol. The van der Waals surface area contributed by atoms with Crippen molar-refractivity contribution in [2.24, 2.45) is 0 Å². The van der Waals surface area contributed by atoms with Gasteiger partial charge in [0.2, 0.25) is 5.91 Å². The number of amides is 1. The Balaban J connectivity index is 0.00000264. The maximum absolute atomic E-state index is 12.3. The molecule has 2 N–H and O–H groups in total. The van der Waals surface area contributed by atoms with Crippen LogP contribution in [0.2, 0.25) is 10.0 Å². The molecule has 1 aromatic carbocycles. The SMILES string of the molecule is CCCN(CC(=O)Nc1ccc(Cl)c(Cl)c1)C1CCNCC1.Cl. The Kier molecular flexibility index (Phi) is 9.25. The van der Waals surface area contributed by atoms with E-state index < -0.39 is 0 Å². The zero-order chi connectivity index (χ0) is 15.9. The highest BCUT2D eigenvalue weighted by Crippen LogP contribution is 2.25. The summed E-state index contributed by atoms with van der Waals surface area (Å²) >= 11 is 11.9. The Morgan fingerprint density at radius 3 is 2.61 bits per heavy atom. The van der Waals surface area contributed by atoms with Gasteiger partial charge in [-0.3, -0.25) is 9.69 Å². The van der Waals surface area contributed by atoms with Crippen LogP contribution in [0.4, 0.5) is 5.69 Å². The van der Waals surface area contributed by atoms with Crippen molar-refractivity contribution in [2.75, 3.05) is 31.5 Å². The number of nitrogens with zero attached hydrogens (tertiary/aromatic N) is 1. The number of anilines is 1. The standard InChI is InChI=1S/C16H23Cl2N3O.ClH/c1-2-9-21(13-5-7-19-8-6-13)11-16(22)20-12-3-4-14(17)15(18)10-12;/h3-4,10,13,19H,2,5-9,11H2,1H3,(H,20,22);1H. The number of carbonyl (C=O) groups is 1. The zero-order valence-corrected chi connectivity index (χ0v) is 15.6. The fourth-order valence-electron chi connectivity index (χ4n) is 2.81. The van der Waals surface area contributed by atoms with E-state index in [-0.39, 0.29) is 18.3 Å². The number of halogens is 3. The van der Waals surface area contributed by atoms with Gasteiger partial charge in [0, 0.05) is 11.7 Å². The van der Waals surface area contributed by atoms with E-state index in [0.717, 1.165) is 38.9 Å². The van der Waals surface area contributed by atoms with E-state index in [1.807, 2.05) is 0 Å². The molecule has 2 rings (SSSR count). The second-order valence-corrected chi connectivity index (χ2v) is 6.44.